The fourth-order valence-electron chi connectivity index (χ4n) is 3.99. The standard InChI is InChI=1S/C13H15Cl3.C9H12O2S.C5H10O2.CH4O/c14-11-4-3-9(5-11)1-2-10-6-12(15)8-13(16)7-10;1-3-4-7-5-6-8(12-7)9(10)11-2;1-5(2)6-3-4-7-5;1-2/h6-9,11H,1-5H2;5-6H,3-4H2,1-2H3;3-4H2,1-2H3;2H,1H3. The topological polar surface area (TPSA) is 65.0 Å². The minimum atomic E-state index is -0.306. The van der Waals surface area contributed by atoms with Gasteiger partial charge in [-0.1, -0.05) is 36.5 Å². The van der Waals surface area contributed by atoms with Gasteiger partial charge >= 0.3 is 5.97 Å². The second-order valence-corrected chi connectivity index (χ2v) is 11.9. The molecule has 1 aliphatic carbocycles. The minimum absolute atomic E-state index is 0.234. The number of ether oxygens (including phenoxy) is 3. The zero-order chi connectivity index (χ0) is 27.8. The molecular weight excluding hydrogens is 555 g/mol. The van der Waals surface area contributed by atoms with Crippen LogP contribution in [0.15, 0.2) is 30.3 Å². The molecule has 5 nitrogen and oxygen atoms in total. The number of aliphatic hydroxyl groups excluding tert-OH is 1. The van der Waals surface area contributed by atoms with E-state index in [1.54, 1.807) is 6.07 Å². The summed E-state index contributed by atoms with van der Waals surface area (Å²) in [6, 6.07) is 9.58. The van der Waals surface area contributed by atoms with Crippen LogP contribution in [0.25, 0.3) is 0 Å². The molecule has 2 atom stereocenters. The highest BCUT2D eigenvalue weighted by Crippen LogP contribution is 2.33. The minimum Gasteiger partial charge on any atom is -0.465 e. The number of benzene rings is 1. The Morgan fingerprint density at radius 1 is 1.08 bits per heavy atom. The lowest BCUT2D eigenvalue weighted by Gasteiger charge is -2.13. The predicted molar refractivity (Wildman–Crippen MR) is 156 cm³/mol. The molecule has 2 aromatic rings. The molecule has 1 aliphatic heterocycles. The fourth-order valence-corrected chi connectivity index (χ4v) is 5.96. The number of halogens is 3. The number of methoxy groups -OCH3 is 1. The van der Waals surface area contributed by atoms with Crippen molar-refractivity contribution in [2.45, 2.75) is 76.9 Å². The van der Waals surface area contributed by atoms with E-state index in [0.717, 1.165) is 62.0 Å². The Morgan fingerprint density at radius 2 is 1.70 bits per heavy atom. The molecule has 0 spiro atoms. The maximum absolute atomic E-state index is 11.0. The van der Waals surface area contributed by atoms with Gasteiger partial charge in [-0.05, 0) is 94.2 Å². The Hall–Kier alpha value is -0.860. The highest BCUT2D eigenvalue weighted by Gasteiger charge is 2.24. The normalized spacial score (nSPS) is 19.5. The van der Waals surface area contributed by atoms with Gasteiger partial charge in [-0.25, -0.2) is 4.79 Å². The van der Waals surface area contributed by atoms with Crippen molar-refractivity contribution < 1.29 is 24.1 Å². The number of thiophene rings is 1. The third-order valence-electron chi connectivity index (χ3n) is 5.77. The van der Waals surface area contributed by atoms with Gasteiger partial charge in [-0.15, -0.1) is 22.9 Å². The second-order valence-electron chi connectivity index (χ2n) is 9.20. The number of hydrogen-bond acceptors (Lipinski definition) is 6. The van der Waals surface area contributed by atoms with Gasteiger partial charge in [-0.3, -0.25) is 0 Å². The molecule has 210 valence electrons. The zero-order valence-electron chi connectivity index (χ0n) is 22.5. The molecule has 4 rings (SSSR count). The third kappa shape index (κ3) is 14.2. The maximum Gasteiger partial charge on any atom is 0.348 e. The van der Waals surface area contributed by atoms with E-state index in [1.807, 2.05) is 38.1 Å². The van der Waals surface area contributed by atoms with Gasteiger partial charge in [0.1, 0.15) is 4.88 Å². The first kappa shape index (κ1) is 34.2. The van der Waals surface area contributed by atoms with E-state index in [-0.39, 0.29) is 11.8 Å². The van der Waals surface area contributed by atoms with Crippen LogP contribution in [0.3, 0.4) is 0 Å². The predicted octanol–water partition coefficient (Wildman–Crippen LogP) is 8.20. The van der Waals surface area contributed by atoms with Crippen molar-refractivity contribution in [1.82, 2.24) is 0 Å². The molecule has 9 heteroatoms. The zero-order valence-corrected chi connectivity index (χ0v) is 25.6. The number of esters is 1. The lowest BCUT2D eigenvalue weighted by molar-refractivity contribution is -0.125. The first-order chi connectivity index (χ1) is 17.6. The number of alkyl halides is 1. The van der Waals surface area contributed by atoms with Gasteiger partial charge in [0, 0.05) is 27.4 Å². The summed E-state index contributed by atoms with van der Waals surface area (Å²) in [6.45, 7) is 7.44. The Morgan fingerprint density at radius 3 is 2.16 bits per heavy atom. The molecule has 37 heavy (non-hydrogen) atoms. The summed E-state index contributed by atoms with van der Waals surface area (Å²) in [5.41, 5.74) is 1.23. The van der Waals surface area contributed by atoms with Gasteiger partial charge in [0.15, 0.2) is 5.79 Å². The van der Waals surface area contributed by atoms with E-state index in [0.29, 0.717) is 10.3 Å². The molecule has 1 N–H and O–H groups in total. The molecule has 1 saturated heterocycles. The first-order valence-electron chi connectivity index (χ1n) is 12.6. The molecule has 1 saturated carbocycles. The van der Waals surface area contributed by atoms with Crippen molar-refractivity contribution in [1.29, 1.82) is 0 Å². The van der Waals surface area contributed by atoms with Crippen molar-refractivity contribution in [3.05, 3.63) is 55.7 Å². The average Bonchev–Trinajstić information content (AvgIpc) is 3.60. The van der Waals surface area contributed by atoms with Crippen LogP contribution < -0.4 is 0 Å². The Bertz CT molecular complexity index is 891. The Kier molecular flexibility index (Phi) is 17.0. The first-order valence-corrected chi connectivity index (χ1v) is 14.6. The number of carbonyl (C=O) groups is 1. The summed E-state index contributed by atoms with van der Waals surface area (Å²) in [7, 11) is 2.40. The molecule has 0 amide bonds. The Labute approximate surface area is 241 Å². The van der Waals surface area contributed by atoms with E-state index in [9.17, 15) is 4.79 Å². The van der Waals surface area contributed by atoms with Gasteiger partial charge < -0.3 is 19.3 Å². The highest BCUT2D eigenvalue weighted by atomic mass is 35.5. The maximum atomic E-state index is 11.0. The van der Waals surface area contributed by atoms with Crippen LogP contribution in [0.4, 0.5) is 0 Å². The molecule has 1 aromatic carbocycles. The lowest BCUT2D eigenvalue weighted by atomic mass is 9.98. The Balaban J connectivity index is 0.000000287. The van der Waals surface area contributed by atoms with Crippen molar-refractivity contribution in [3.8, 4) is 0 Å². The molecule has 2 fully saturated rings. The second kappa shape index (κ2) is 18.4. The van der Waals surface area contributed by atoms with Crippen molar-refractivity contribution >= 4 is 52.1 Å². The van der Waals surface area contributed by atoms with Crippen molar-refractivity contribution in [2.24, 2.45) is 5.92 Å². The lowest BCUT2D eigenvalue weighted by Crippen LogP contribution is -2.18. The summed E-state index contributed by atoms with van der Waals surface area (Å²) in [6.07, 6.45) is 8.00. The molecule has 1 aromatic heterocycles. The van der Waals surface area contributed by atoms with E-state index in [2.05, 4.69) is 11.7 Å². The SMILES string of the molecule is CC1(C)OCCO1.CCCc1ccc(C(=O)OC)s1.CO.Clc1cc(Cl)cc(CCC2CCC(Cl)C2)c1. The van der Waals surface area contributed by atoms with Crippen LogP contribution in [0.5, 0.6) is 0 Å². The summed E-state index contributed by atoms with van der Waals surface area (Å²) >= 11 is 19.5. The van der Waals surface area contributed by atoms with Crippen LogP contribution in [0.2, 0.25) is 10.0 Å². The van der Waals surface area contributed by atoms with Gasteiger partial charge in [-0.2, -0.15) is 0 Å². The molecule has 2 unspecified atom stereocenters. The van der Waals surface area contributed by atoms with Crippen LogP contribution in [-0.4, -0.2) is 49.7 Å². The van der Waals surface area contributed by atoms with Crippen molar-refractivity contribution in [2.75, 3.05) is 27.4 Å². The van der Waals surface area contributed by atoms with Gasteiger partial charge in [0.2, 0.25) is 0 Å². The molecule has 2 aliphatic rings. The van der Waals surface area contributed by atoms with E-state index >= 15 is 0 Å². The quantitative estimate of drug-likeness (QED) is 0.269. The third-order valence-corrected chi connectivity index (χ3v) is 7.73. The van der Waals surface area contributed by atoms with Gasteiger partial charge in [0.25, 0.3) is 0 Å². The van der Waals surface area contributed by atoms with E-state index in [1.165, 1.54) is 48.1 Å². The number of carbonyl (C=O) groups excluding carboxylic acids is 1. The number of aryl methyl sites for hydroxylation is 2. The van der Waals surface area contributed by atoms with Crippen molar-refractivity contribution in [3.63, 3.8) is 0 Å². The number of hydrogen-bond donors (Lipinski definition) is 1. The summed E-state index contributed by atoms with van der Waals surface area (Å²) < 4.78 is 14.8. The summed E-state index contributed by atoms with van der Waals surface area (Å²) in [4.78, 5) is 13.0. The van der Waals surface area contributed by atoms with Gasteiger partial charge in [0.05, 0.1) is 20.3 Å². The molecule has 0 bridgehead atoms. The monoisotopic (exact) mass is 594 g/mol. The molecule has 0 radical (unpaired) electrons. The van der Waals surface area contributed by atoms with Crippen LogP contribution in [0.1, 0.15) is 73.0 Å². The summed E-state index contributed by atoms with van der Waals surface area (Å²) in [5.74, 6) is 0.239. The summed E-state index contributed by atoms with van der Waals surface area (Å²) in [5, 5.41) is 8.85. The largest absolute Gasteiger partial charge is 0.465 e. The highest BCUT2D eigenvalue weighted by molar-refractivity contribution is 7.13. The average molecular weight is 596 g/mol. The molecule has 2 heterocycles. The number of rotatable bonds is 6. The van der Waals surface area contributed by atoms with Crippen LogP contribution in [0, 0.1) is 5.92 Å². The van der Waals surface area contributed by atoms with E-state index < -0.39 is 0 Å². The van der Waals surface area contributed by atoms with E-state index in [4.69, 9.17) is 49.4 Å². The fraction of sp³-hybridized carbons (Fsp3) is 0.607. The smallest absolute Gasteiger partial charge is 0.348 e. The van der Waals surface area contributed by atoms with Crippen LogP contribution in [-0.2, 0) is 27.1 Å². The number of aliphatic hydroxyl groups is 1. The van der Waals surface area contributed by atoms with Crippen LogP contribution >= 0.6 is 46.1 Å². The molecular formula is C28H41Cl3O5S.